The molecule has 2 heterocycles. The molecule has 0 N–H and O–H groups in total. The number of furan rings is 1. The van der Waals surface area contributed by atoms with Gasteiger partial charge in [0.15, 0.2) is 17.3 Å². The molecule has 0 saturated heterocycles. The van der Waals surface area contributed by atoms with Crippen molar-refractivity contribution in [3.05, 3.63) is 123 Å². The maximum atomic E-state index is 13.6. The molecule has 6 rings (SSSR count). The zero-order valence-electron chi connectivity index (χ0n) is 22.5. The molecule has 204 valence electrons. The molecule has 7 nitrogen and oxygen atoms in total. The van der Waals surface area contributed by atoms with Crippen LogP contribution in [0.3, 0.4) is 0 Å². The Balaban J connectivity index is 1.38. The van der Waals surface area contributed by atoms with E-state index in [-0.39, 0.29) is 5.56 Å². The van der Waals surface area contributed by atoms with Crippen LogP contribution in [0.15, 0.2) is 110 Å². The summed E-state index contributed by atoms with van der Waals surface area (Å²) in [7, 11) is 0. The lowest BCUT2D eigenvalue weighted by Gasteiger charge is -2.13. The number of aromatic nitrogens is 2. The van der Waals surface area contributed by atoms with Crippen LogP contribution in [0.25, 0.3) is 33.5 Å². The van der Waals surface area contributed by atoms with Gasteiger partial charge < -0.3 is 13.9 Å². The number of halogens is 1. The highest BCUT2D eigenvalue weighted by molar-refractivity contribution is 9.10. The van der Waals surface area contributed by atoms with E-state index in [2.05, 4.69) is 40.1 Å². The lowest BCUT2D eigenvalue weighted by molar-refractivity contribution is 0.269. The van der Waals surface area contributed by atoms with Gasteiger partial charge in [0, 0.05) is 9.86 Å². The Labute approximate surface area is 244 Å². The summed E-state index contributed by atoms with van der Waals surface area (Å²) in [6.07, 6.45) is 1.60. The third kappa shape index (κ3) is 5.64. The molecule has 0 radical (unpaired) electrons. The first-order valence-corrected chi connectivity index (χ1v) is 14.0. The number of ether oxygens (including phenoxy) is 2. The van der Waals surface area contributed by atoms with E-state index in [1.165, 1.54) is 10.2 Å². The number of para-hydroxylation sites is 1. The number of nitrogens with zero attached hydrogens (tertiary/aromatic N) is 3. The van der Waals surface area contributed by atoms with Gasteiger partial charge in [0.25, 0.3) is 5.56 Å². The van der Waals surface area contributed by atoms with Crippen LogP contribution in [0, 0.1) is 6.92 Å². The fraction of sp³-hybridized carbons (Fsp3) is 0.121. The van der Waals surface area contributed by atoms with Crippen molar-refractivity contribution in [2.45, 2.75) is 20.5 Å². The second-order valence-electron chi connectivity index (χ2n) is 9.52. The van der Waals surface area contributed by atoms with Crippen LogP contribution in [0.5, 0.6) is 11.5 Å². The van der Waals surface area contributed by atoms with Crippen LogP contribution in [0.4, 0.5) is 0 Å². The number of aryl methyl sites for hydroxylation is 1. The highest BCUT2D eigenvalue weighted by atomic mass is 79.9. The maximum Gasteiger partial charge on any atom is 0.282 e. The van der Waals surface area contributed by atoms with E-state index in [4.69, 9.17) is 18.9 Å². The number of benzene rings is 4. The summed E-state index contributed by atoms with van der Waals surface area (Å²) in [6.45, 7) is 4.87. The average molecular weight is 608 g/mol. The molecule has 8 heteroatoms. The van der Waals surface area contributed by atoms with Crippen molar-refractivity contribution in [3.63, 3.8) is 0 Å². The molecule has 4 aromatic carbocycles. The van der Waals surface area contributed by atoms with Crippen molar-refractivity contribution in [2.24, 2.45) is 5.10 Å². The van der Waals surface area contributed by atoms with E-state index in [1.807, 2.05) is 73.7 Å². The predicted octanol–water partition coefficient (Wildman–Crippen LogP) is 7.74. The zero-order valence-corrected chi connectivity index (χ0v) is 24.1. The third-order valence-corrected chi connectivity index (χ3v) is 7.01. The van der Waals surface area contributed by atoms with Crippen molar-refractivity contribution < 1.29 is 13.9 Å². The van der Waals surface area contributed by atoms with Gasteiger partial charge in [0.05, 0.1) is 23.7 Å². The van der Waals surface area contributed by atoms with Crippen LogP contribution in [-0.2, 0) is 6.61 Å². The second kappa shape index (κ2) is 11.4. The Morgan fingerprint density at radius 1 is 0.951 bits per heavy atom. The quantitative estimate of drug-likeness (QED) is 0.165. The normalized spacial score (nSPS) is 11.5. The first-order chi connectivity index (χ1) is 20.0. The molecule has 0 saturated carbocycles. The molecular formula is C33H26BrN3O4. The van der Waals surface area contributed by atoms with Gasteiger partial charge >= 0.3 is 0 Å². The molecule has 6 aromatic rings. The smallest absolute Gasteiger partial charge is 0.282 e. The Hall–Kier alpha value is -4.69. The number of hydrogen-bond acceptors (Lipinski definition) is 6. The summed E-state index contributed by atoms with van der Waals surface area (Å²) in [5, 5.41) is 5.92. The summed E-state index contributed by atoms with van der Waals surface area (Å²) in [5.74, 6) is 1.97. The van der Waals surface area contributed by atoms with Gasteiger partial charge in [0.1, 0.15) is 12.2 Å². The van der Waals surface area contributed by atoms with E-state index >= 15 is 0 Å². The number of hydrogen-bond donors (Lipinski definition) is 0. The van der Waals surface area contributed by atoms with Gasteiger partial charge in [-0.1, -0.05) is 57.9 Å². The maximum absolute atomic E-state index is 13.6. The fourth-order valence-corrected chi connectivity index (χ4v) is 4.97. The molecule has 0 aliphatic heterocycles. The molecule has 0 amide bonds. The molecule has 2 aromatic heterocycles. The summed E-state index contributed by atoms with van der Waals surface area (Å²) in [4.78, 5) is 18.4. The largest absolute Gasteiger partial charge is 0.490 e. The van der Waals surface area contributed by atoms with Crippen LogP contribution >= 0.6 is 15.9 Å². The van der Waals surface area contributed by atoms with E-state index in [9.17, 15) is 4.79 Å². The molecule has 0 fully saturated rings. The Morgan fingerprint density at radius 2 is 1.83 bits per heavy atom. The summed E-state index contributed by atoms with van der Waals surface area (Å²) >= 11 is 3.50. The summed E-state index contributed by atoms with van der Waals surface area (Å²) in [6, 6.07) is 28.5. The predicted molar refractivity (Wildman–Crippen MR) is 165 cm³/mol. The monoisotopic (exact) mass is 607 g/mol. The van der Waals surface area contributed by atoms with Gasteiger partial charge in [-0.25, -0.2) is 4.98 Å². The zero-order chi connectivity index (χ0) is 28.3. The van der Waals surface area contributed by atoms with E-state index in [0.29, 0.717) is 52.8 Å². The van der Waals surface area contributed by atoms with Gasteiger partial charge in [-0.15, -0.1) is 0 Å². The molecule has 0 spiro atoms. The SMILES string of the molecule is CCOc1cc(C=Nn2c(-c3cc4cc(Br)ccc4o3)nc3ccccc3c2=O)ccc1OCc1cccc(C)c1. The van der Waals surface area contributed by atoms with Crippen LogP contribution in [0.1, 0.15) is 23.6 Å². The first-order valence-electron chi connectivity index (χ1n) is 13.2. The van der Waals surface area contributed by atoms with E-state index in [0.717, 1.165) is 21.0 Å². The Morgan fingerprint density at radius 3 is 2.68 bits per heavy atom. The van der Waals surface area contributed by atoms with Crippen LogP contribution in [-0.4, -0.2) is 22.5 Å². The lowest BCUT2D eigenvalue weighted by atomic mass is 10.1. The number of rotatable bonds is 8. The van der Waals surface area contributed by atoms with Crippen molar-refractivity contribution in [1.29, 1.82) is 0 Å². The molecule has 41 heavy (non-hydrogen) atoms. The van der Waals surface area contributed by atoms with Crippen molar-refractivity contribution in [2.75, 3.05) is 6.61 Å². The van der Waals surface area contributed by atoms with Gasteiger partial charge in [-0.3, -0.25) is 4.79 Å². The summed E-state index contributed by atoms with van der Waals surface area (Å²) in [5.41, 5.74) is 3.93. The second-order valence-corrected chi connectivity index (χ2v) is 10.4. The minimum atomic E-state index is -0.299. The molecule has 0 unspecified atom stereocenters. The van der Waals surface area contributed by atoms with Gasteiger partial charge in [0.2, 0.25) is 5.82 Å². The van der Waals surface area contributed by atoms with Gasteiger partial charge in [-0.2, -0.15) is 9.78 Å². The Kier molecular flexibility index (Phi) is 7.39. The highest BCUT2D eigenvalue weighted by Gasteiger charge is 2.17. The minimum Gasteiger partial charge on any atom is -0.490 e. The Bertz CT molecular complexity index is 1980. The van der Waals surface area contributed by atoms with Crippen LogP contribution in [0.2, 0.25) is 0 Å². The highest BCUT2D eigenvalue weighted by Crippen LogP contribution is 2.31. The molecule has 0 aliphatic carbocycles. The molecule has 0 atom stereocenters. The van der Waals surface area contributed by atoms with E-state index < -0.39 is 0 Å². The minimum absolute atomic E-state index is 0.299. The molecule has 0 aliphatic rings. The molecule has 0 bridgehead atoms. The average Bonchev–Trinajstić information content (AvgIpc) is 3.39. The first kappa shape index (κ1) is 26.5. The van der Waals surface area contributed by atoms with Crippen molar-refractivity contribution in [3.8, 4) is 23.1 Å². The molecular weight excluding hydrogens is 582 g/mol. The van der Waals surface area contributed by atoms with Gasteiger partial charge in [-0.05, 0) is 79.6 Å². The van der Waals surface area contributed by atoms with E-state index in [1.54, 1.807) is 18.3 Å². The number of fused-ring (bicyclic) bond motifs is 2. The van der Waals surface area contributed by atoms with Crippen LogP contribution < -0.4 is 15.0 Å². The third-order valence-electron chi connectivity index (χ3n) is 6.52. The van der Waals surface area contributed by atoms with Crippen molar-refractivity contribution >= 4 is 44.0 Å². The fourth-order valence-electron chi connectivity index (χ4n) is 4.59. The summed E-state index contributed by atoms with van der Waals surface area (Å²) < 4.78 is 20.2. The standard InChI is InChI=1S/C33H26BrN3O4/c1-3-39-30-16-22(11-13-29(30)40-20-23-8-6-7-21(2)15-23)19-35-37-32(36-27-10-5-4-9-26(27)33(37)38)31-18-24-17-25(34)12-14-28(24)41-31/h4-19H,3,20H2,1-2H3. The topological polar surface area (TPSA) is 78.9 Å². The van der Waals surface area contributed by atoms with Crippen molar-refractivity contribution in [1.82, 2.24) is 9.66 Å². The lowest BCUT2D eigenvalue weighted by Crippen LogP contribution is -2.20.